The average Bonchev–Trinajstić information content (AvgIpc) is 3.00. The molecule has 2 heterocycles. The van der Waals surface area contributed by atoms with E-state index in [1.54, 1.807) is 0 Å². The molecule has 0 saturated heterocycles. The normalized spacial score (nSPS) is 11.1. The van der Waals surface area contributed by atoms with Gasteiger partial charge < -0.3 is 19.9 Å². The maximum atomic E-state index is 5.85. The molecule has 0 aliphatic rings. The van der Waals surface area contributed by atoms with Crippen molar-refractivity contribution in [3.63, 3.8) is 0 Å². The maximum absolute atomic E-state index is 5.85. The molecule has 6 nitrogen and oxygen atoms in total. The van der Waals surface area contributed by atoms with E-state index in [9.17, 15) is 0 Å². The molecule has 1 aromatic carbocycles. The third-order valence-electron chi connectivity index (χ3n) is 5.02. The van der Waals surface area contributed by atoms with Gasteiger partial charge in [-0.3, -0.25) is 0 Å². The molecule has 29 heavy (non-hydrogen) atoms. The molecule has 0 bridgehead atoms. The summed E-state index contributed by atoms with van der Waals surface area (Å²) in [5, 5.41) is 4.60. The zero-order chi connectivity index (χ0) is 20.8. The third-order valence-corrected chi connectivity index (χ3v) is 5.02. The molecule has 3 rings (SSSR count). The van der Waals surface area contributed by atoms with Gasteiger partial charge in [0.15, 0.2) is 0 Å². The molecule has 0 saturated carbocycles. The molecule has 0 spiro atoms. The van der Waals surface area contributed by atoms with Gasteiger partial charge in [-0.15, -0.1) is 0 Å². The van der Waals surface area contributed by atoms with E-state index < -0.39 is 0 Å². The molecular formula is C23H33N5O. The van der Waals surface area contributed by atoms with Crippen LogP contribution in [0.1, 0.15) is 51.3 Å². The van der Waals surface area contributed by atoms with Crippen LogP contribution in [0.3, 0.4) is 0 Å². The van der Waals surface area contributed by atoms with E-state index in [0.717, 1.165) is 49.4 Å². The number of hydrogen-bond acceptors (Lipinski definition) is 5. The van der Waals surface area contributed by atoms with E-state index in [-0.39, 0.29) is 0 Å². The predicted octanol–water partition coefficient (Wildman–Crippen LogP) is 5.73. The molecule has 0 atom stereocenters. The lowest BCUT2D eigenvalue weighted by Gasteiger charge is -2.23. The number of fused-ring (bicyclic) bond motifs is 1. The lowest BCUT2D eigenvalue weighted by molar-refractivity contribution is 0.305. The Hall–Kier alpha value is -2.76. The number of anilines is 3. The Labute approximate surface area is 173 Å². The van der Waals surface area contributed by atoms with E-state index >= 15 is 0 Å². The topological polar surface area (TPSA) is 66.1 Å². The number of nitrogens with zero attached hydrogens (tertiary/aromatic N) is 3. The largest absolute Gasteiger partial charge is 0.477 e. The molecule has 2 N–H and O–H groups in total. The molecule has 0 aliphatic carbocycles. The number of H-pyrrole nitrogens is 1. The summed E-state index contributed by atoms with van der Waals surface area (Å²) in [4.78, 5) is 15.1. The lowest BCUT2D eigenvalue weighted by atomic mass is 10.1. The van der Waals surface area contributed by atoms with Crippen molar-refractivity contribution in [1.29, 1.82) is 0 Å². The van der Waals surface area contributed by atoms with Gasteiger partial charge >= 0.3 is 0 Å². The first kappa shape index (κ1) is 21.0. The summed E-state index contributed by atoms with van der Waals surface area (Å²) in [6.07, 6.45) is 3.08. The van der Waals surface area contributed by atoms with Crippen molar-refractivity contribution in [2.45, 2.75) is 53.9 Å². The van der Waals surface area contributed by atoms with Crippen molar-refractivity contribution in [2.75, 3.05) is 29.9 Å². The van der Waals surface area contributed by atoms with Gasteiger partial charge in [0.05, 0.1) is 6.61 Å². The van der Waals surface area contributed by atoms with Gasteiger partial charge in [0.2, 0.25) is 11.8 Å². The SMILES string of the molecule is CCCOc1cc(N(CCC)CCC)nc(Nc2ccc3[nH]c(C)c(C)c3c2)n1. The standard InChI is InChI=1S/C23H33N5O/c1-6-11-28(12-7-2)21-15-22(29-13-8-3)27-23(26-21)25-18-9-10-20-19(14-18)16(4)17(5)24-20/h9-10,14-15,24H,6-8,11-13H2,1-5H3,(H,25,26,27). The highest BCUT2D eigenvalue weighted by Crippen LogP contribution is 2.27. The molecule has 0 fully saturated rings. The maximum Gasteiger partial charge on any atom is 0.232 e. The molecule has 0 unspecified atom stereocenters. The number of aromatic nitrogens is 3. The summed E-state index contributed by atoms with van der Waals surface area (Å²) in [6, 6.07) is 8.24. The Balaban J connectivity index is 1.94. The first-order valence-electron chi connectivity index (χ1n) is 10.7. The number of nitrogens with one attached hydrogen (secondary N) is 2. The van der Waals surface area contributed by atoms with Crippen LogP contribution >= 0.6 is 0 Å². The number of aryl methyl sites for hydroxylation is 2. The molecule has 3 aromatic rings. The molecule has 156 valence electrons. The molecule has 6 heteroatoms. The second kappa shape index (κ2) is 9.63. The second-order valence-corrected chi connectivity index (χ2v) is 7.48. The molecule has 0 aliphatic heterocycles. The molecule has 2 aromatic heterocycles. The number of hydrogen-bond donors (Lipinski definition) is 2. The zero-order valence-electron chi connectivity index (χ0n) is 18.3. The quantitative estimate of drug-likeness (QED) is 0.459. The summed E-state index contributed by atoms with van der Waals surface area (Å²) in [5.41, 5.74) is 4.57. The zero-order valence-corrected chi connectivity index (χ0v) is 18.3. The molecule has 0 amide bonds. The van der Waals surface area contributed by atoms with Crippen molar-refractivity contribution < 1.29 is 4.74 Å². The fraction of sp³-hybridized carbons (Fsp3) is 0.478. The Morgan fingerprint density at radius 1 is 1.00 bits per heavy atom. The van der Waals surface area contributed by atoms with E-state index in [0.29, 0.717) is 18.4 Å². The summed E-state index contributed by atoms with van der Waals surface area (Å²) in [7, 11) is 0. The van der Waals surface area contributed by atoms with Crippen LogP contribution < -0.4 is 15.0 Å². The molecular weight excluding hydrogens is 362 g/mol. The van der Waals surface area contributed by atoms with Gasteiger partial charge in [-0.2, -0.15) is 9.97 Å². The minimum Gasteiger partial charge on any atom is -0.477 e. The van der Waals surface area contributed by atoms with Gasteiger partial charge in [0.25, 0.3) is 0 Å². The van der Waals surface area contributed by atoms with Gasteiger partial charge in [0, 0.05) is 41.4 Å². The van der Waals surface area contributed by atoms with Crippen molar-refractivity contribution >= 4 is 28.4 Å². The predicted molar refractivity (Wildman–Crippen MR) is 122 cm³/mol. The summed E-state index contributed by atoms with van der Waals surface area (Å²) in [6.45, 7) is 13.3. The summed E-state index contributed by atoms with van der Waals surface area (Å²) >= 11 is 0. The van der Waals surface area contributed by atoms with E-state index in [4.69, 9.17) is 9.72 Å². The highest BCUT2D eigenvalue weighted by molar-refractivity contribution is 5.88. The van der Waals surface area contributed by atoms with Gasteiger partial charge in [-0.25, -0.2) is 0 Å². The van der Waals surface area contributed by atoms with Gasteiger partial charge in [0.1, 0.15) is 5.82 Å². The smallest absolute Gasteiger partial charge is 0.232 e. The minimum atomic E-state index is 0.565. The number of benzene rings is 1. The van der Waals surface area contributed by atoms with Crippen LogP contribution in [0.2, 0.25) is 0 Å². The van der Waals surface area contributed by atoms with E-state index in [1.807, 2.05) is 6.07 Å². The van der Waals surface area contributed by atoms with E-state index in [2.05, 4.69) is 73.0 Å². The van der Waals surface area contributed by atoms with Crippen LogP contribution in [0, 0.1) is 13.8 Å². The van der Waals surface area contributed by atoms with Crippen LogP contribution in [0.25, 0.3) is 10.9 Å². The van der Waals surface area contributed by atoms with Crippen molar-refractivity contribution in [3.8, 4) is 5.88 Å². The fourth-order valence-electron chi connectivity index (χ4n) is 3.46. The Bertz CT molecular complexity index is 944. The van der Waals surface area contributed by atoms with Crippen LogP contribution in [0.4, 0.5) is 17.5 Å². The van der Waals surface area contributed by atoms with Crippen LogP contribution in [-0.2, 0) is 0 Å². The first-order valence-corrected chi connectivity index (χ1v) is 10.7. The highest BCUT2D eigenvalue weighted by atomic mass is 16.5. The number of aromatic amines is 1. The van der Waals surface area contributed by atoms with E-state index in [1.165, 1.54) is 16.6 Å². The first-order chi connectivity index (χ1) is 14.0. The van der Waals surface area contributed by atoms with Crippen LogP contribution in [-0.4, -0.2) is 34.6 Å². The van der Waals surface area contributed by atoms with Gasteiger partial charge in [-0.1, -0.05) is 20.8 Å². The highest BCUT2D eigenvalue weighted by Gasteiger charge is 2.13. The van der Waals surface area contributed by atoms with Crippen molar-refractivity contribution in [1.82, 2.24) is 15.0 Å². The van der Waals surface area contributed by atoms with Gasteiger partial charge in [-0.05, 0) is 56.9 Å². The van der Waals surface area contributed by atoms with Crippen molar-refractivity contribution in [2.24, 2.45) is 0 Å². The summed E-state index contributed by atoms with van der Waals surface area (Å²) in [5.74, 6) is 2.09. The molecule has 0 radical (unpaired) electrons. The Morgan fingerprint density at radius 3 is 2.45 bits per heavy atom. The summed E-state index contributed by atoms with van der Waals surface area (Å²) < 4.78 is 5.85. The Morgan fingerprint density at radius 2 is 1.76 bits per heavy atom. The fourth-order valence-corrected chi connectivity index (χ4v) is 3.46. The number of rotatable bonds is 10. The second-order valence-electron chi connectivity index (χ2n) is 7.48. The third kappa shape index (κ3) is 5.00. The number of ether oxygens (including phenoxy) is 1. The average molecular weight is 396 g/mol. The monoisotopic (exact) mass is 395 g/mol. The van der Waals surface area contributed by atoms with Crippen LogP contribution in [0.15, 0.2) is 24.3 Å². The lowest BCUT2D eigenvalue weighted by Crippen LogP contribution is -2.26. The minimum absolute atomic E-state index is 0.565. The Kier molecular flexibility index (Phi) is 6.96. The van der Waals surface area contributed by atoms with Crippen LogP contribution in [0.5, 0.6) is 5.88 Å². The van der Waals surface area contributed by atoms with Crippen molar-refractivity contribution in [3.05, 3.63) is 35.5 Å².